The highest BCUT2D eigenvalue weighted by Gasteiger charge is 2.33. The summed E-state index contributed by atoms with van der Waals surface area (Å²) in [7, 11) is 0. The summed E-state index contributed by atoms with van der Waals surface area (Å²) in [6, 6.07) is 16.1. The predicted octanol–water partition coefficient (Wildman–Crippen LogP) is 4.36. The van der Waals surface area contributed by atoms with Crippen LogP contribution in [0.15, 0.2) is 60.7 Å². The van der Waals surface area contributed by atoms with Gasteiger partial charge in [0, 0.05) is 5.69 Å². The van der Waals surface area contributed by atoms with E-state index in [0.717, 1.165) is 12.1 Å². The van der Waals surface area contributed by atoms with Crippen LogP contribution >= 0.6 is 0 Å². The van der Waals surface area contributed by atoms with Gasteiger partial charge in [-0.15, -0.1) is 10.2 Å². The molecule has 0 fully saturated rings. The lowest BCUT2D eigenvalue weighted by Gasteiger charge is -2.13. The van der Waals surface area contributed by atoms with E-state index in [9.17, 15) is 18.0 Å². The zero-order chi connectivity index (χ0) is 20.1. The Morgan fingerprint density at radius 2 is 1.79 bits per heavy atom. The smallest absolute Gasteiger partial charge is 0.339 e. The number of hydrogen-bond acceptors (Lipinski definition) is 5. The molecule has 3 rings (SSSR count). The summed E-state index contributed by atoms with van der Waals surface area (Å²) in [5, 5.41) is 21.6. The third kappa shape index (κ3) is 4.42. The first-order valence-corrected chi connectivity index (χ1v) is 7.95. The van der Waals surface area contributed by atoms with Crippen molar-refractivity contribution in [2.24, 2.45) is 0 Å². The molecule has 0 saturated heterocycles. The average Bonchev–Trinajstić information content (AvgIpc) is 2.68. The Labute approximate surface area is 157 Å². The zero-order valence-electron chi connectivity index (χ0n) is 14.2. The van der Waals surface area contributed by atoms with Crippen LogP contribution in [0.25, 0.3) is 0 Å². The number of anilines is 3. The third-order valence-corrected chi connectivity index (χ3v) is 3.64. The van der Waals surface area contributed by atoms with Crippen molar-refractivity contribution in [3.05, 3.63) is 77.5 Å². The molecule has 3 aromatic rings. The van der Waals surface area contributed by atoms with Crippen LogP contribution in [0, 0.1) is 11.3 Å². The highest BCUT2D eigenvalue weighted by molar-refractivity contribution is 6.03. The molecule has 0 bridgehead atoms. The molecule has 0 spiro atoms. The van der Waals surface area contributed by atoms with Gasteiger partial charge in [0.1, 0.15) is 0 Å². The molecule has 0 radical (unpaired) electrons. The van der Waals surface area contributed by atoms with Crippen molar-refractivity contribution in [2.75, 3.05) is 10.6 Å². The number of nitrogens with one attached hydrogen (secondary N) is 2. The Balaban J connectivity index is 1.73. The molecule has 1 aromatic heterocycles. The van der Waals surface area contributed by atoms with Gasteiger partial charge in [0.05, 0.1) is 22.9 Å². The summed E-state index contributed by atoms with van der Waals surface area (Å²) >= 11 is 0. The maximum absolute atomic E-state index is 13.0. The maximum atomic E-state index is 13.0. The SMILES string of the molecule is N#Cc1cccc(Nc2ccc(C(=O)Nc3ccccc3C(F)(F)F)nn2)c1. The van der Waals surface area contributed by atoms with E-state index < -0.39 is 17.6 Å². The lowest BCUT2D eigenvalue weighted by Crippen LogP contribution is -2.18. The zero-order valence-corrected chi connectivity index (χ0v) is 14.2. The highest BCUT2D eigenvalue weighted by atomic mass is 19.4. The van der Waals surface area contributed by atoms with Crippen molar-refractivity contribution in [3.8, 4) is 6.07 Å². The second-order valence-electron chi connectivity index (χ2n) is 5.62. The molecule has 0 atom stereocenters. The number of carbonyl (C=O) groups excluding carboxylic acids is 1. The quantitative estimate of drug-likeness (QED) is 0.698. The van der Waals surface area contributed by atoms with Crippen molar-refractivity contribution in [2.45, 2.75) is 6.18 Å². The lowest BCUT2D eigenvalue weighted by atomic mass is 10.1. The first kappa shape index (κ1) is 18.8. The molecule has 1 amide bonds. The Morgan fingerprint density at radius 3 is 2.46 bits per heavy atom. The number of hydrogen-bond donors (Lipinski definition) is 2. The number of halogens is 3. The fourth-order valence-corrected chi connectivity index (χ4v) is 2.36. The molecule has 28 heavy (non-hydrogen) atoms. The number of nitriles is 1. The van der Waals surface area contributed by atoms with E-state index in [1.807, 2.05) is 6.07 Å². The summed E-state index contributed by atoms with van der Waals surface area (Å²) in [5.74, 6) is -0.510. The lowest BCUT2D eigenvalue weighted by molar-refractivity contribution is -0.136. The first-order valence-electron chi connectivity index (χ1n) is 7.95. The van der Waals surface area contributed by atoms with Crippen LogP contribution < -0.4 is 10.6 Å². The van der Waals surface area contributed by atoms with E-state index in [1.165, 1.54) is 24.3 Å². The van der Waals surface area contributed by atoms with Gasteiger partial charge in [-0.05, 0) is 42.5 Å². The second kappa shape index (κ2) is 7.75. The van der Waals surface area contributed by atoms with Gasteiger partial charge < -0.3 is 10.6 Å². The number of alkyl halides is 3. The van der Waals surface area contributed by atoms with E-state index in [-0.39, 0.29) is 11.4 Å². The monoisotopic (exact) mass is 383 g/mol. The van der Waals surface area contributed by atoms with Gasteiger partial charge in [0.25, 0.3) is 5.91 Å². The van der Waals surface area contributed by atoms with E-state index in [4.69, 9.17) is 5.26 Å². The summed E-state index contributed by atoms with van der Waals surface area (Å²) < 4.78 is 39.0. The molecular weight excluding hydrogens is 371 g/mol. The summed E-state index contributed by atoms with van der Waals surface area (Å²) in [6.45, 7) is 0. The van der Waals surface area contributed by atoms with Crippen LogP contribution in [-0.4, -0.2) is 16.1 Å². The second-order valence-corrected chi connectivity index (χ2v) is 5.62. The molecule has 1 heterocycles. The topological polar surface area (TPSA) is 90.7 Å². The summed E-state index contributed by atoms with van der Waals surface area (Å²) in [4.78, 5) is 12.2. The van der Waals surface area contributed by atoms with E-state index >= 15 is 0 Å². The fourth-order valence-electron chi connectivity index (χ4n) is 2.36. The standard InChI is InChI=1S/C19H12F3N5O/c20-19(21,22)14-6-1-2-7-15(14)25-18(28)16-8-9-17(27-26-16)24-13-5-3-4-12(10-13)11-23/h1-10H,(H,24,27)(H,25,28). The van der Waals surface area contributed by atoms with Crippen molar-refractivity contribution >= 4 is 23.1 Å². The minimum atomic E-state index is -4.60. The first-order chi connectivity index (χ1) is 13.4. The number of para-hydroxylation sites is 1. The molecule has 2 N–H and O–H groups in total. The summed E-state index contributed by atoms with van der Waals surface area (Å²) in [6.07, 6.45) is -4.60. The van der Waals surface area contributed by atoms with Gasteiger partial charge in [0.15, 0.2) is 11.5 Å². The number of carbonyl (C=O) groups is 1. The minimum Gasteiger partial charge on any atom is -0.339 e. The van der Waals surface area contributed by atoms with Crippen LogP contribution in [0.5, 0.6) is 0 Å². The van der Waals surface area contributed by atoms with Gasteiger partial charge in [-0.2, -0.15) is 18.4 Å². The summed E-state index contributed by atoms with van der Waals surface area (Å²) in [5.41, 5.74) is -0.403. The van der Waals surface area contributed by atoms with Crippen LogP contribution in [0.4, 0.5) is 30.4 Å². The average molecular weight is 383 g/mol. The molecule has 0 aliphatic heterocycles. The van der Waals surface area contributed by atoms with Gasteiger partial charge >= 0.3 is 6.18 Å². The molecule has 0 aliphatic rings. The van der Waals surface area contributed by atoms with E-state index in [2.05, 4.69) is 20.8 Å². The van der Waals surface area contributed by atoms with Crippen molar-refractivity contribution < 1.29 is 18.0 Å². The number of nitrogens with zero attached hydrogens (tertiary/aromatic N) is 3. The Bertz CT molecular complexity index is 1040. The van der Waals surface area contributed by atoms with Crippen molar-refractivity contribution in [3.63, 3.8) is 0 Å². The van der Waals surface area contributed by atoms with Crippen LogP contribution in [0.1, 0.15) is 21.6 Å². The molecule has 9 heteroatoms. The largest absolute Gasteiger partial charge is 0.418 e. The third-order valence-electron chi connectivity index (χ3n) is 3.64. The molecular formula is C19H12F3N5O. The highest BCUT2D eigenvalue weighted by Crippen LogP contribution is 2.34. The van der Waals surface area contributed by atoms with Crippen LogP contribution in [-0.2, 0) is 6.18 Å². The molecule has 0 saturated carbocycles. The molecule has 2 aromatic carbocycles. The van der Waals surface area contributed by atoms with Crippen molar-refractivity contribution in [1.29, 1.82) is 5.26 Å². The van der Waals surface area contributed by atoms with Gasteiger partial charge in [-0.3, -0.25) is 4.79 Å². The molecule has 0 aliphatic carbocycles. The Kier molecular flexibility index (Phi) is 5.22. The number of rotatable bonds is 4. The Morgan fingerprint density at radius 1 is 1.00 bits per heavy atom. The normalized spacial score (nSPS) is 10.8. The Hall–Kier alpha value is -3.93. The predicted molar refractivity (Wildman–Crippen MR) is 95.9 cm³/mol. The van der Waals surface area contributed by atoms with E-state index in [0.29, 0.717) is 17.1 Å². The van der Waals surface area contributed by atoms with Gasteiger partial charge in [-0.25, -0.2) is 0 Å². The number of amides is 1. The fraction of sp³-hybridized carbons (Fsp3) is 0.0526. The molecule has 6 nitrogen and oxygen atoms in total. The minimum absolute atomic E-state index is 0.145. The number of aromatic nitrogens is 2. The molecule has 0 unspecified atom stereocenters. The van der Waals surface area contributed by atoms with Crippen LogP contribution in [0.3, 0.4) is 0 Å². The van der Waals surface area contributed by atoms with E-state index in [1.54, 1.807) is 24.3 Å². The maximum Gasteiger partial charge on any atom is 0.418 e. The number of benzene rings is 2. The molecule has 140 valence electrons. The van der Waals surface area contributed by atoms with Gasteiger partial charge in [0.2, 0.25) is 0 Å². The van der Waals surface area contributed by atoms with Gasteiger partial charge in [-0.1, -0.05) is 18.2 Å². The van der Waals surface area contributed by atoms with Crippen LogP contribution in [0.2, 0.25) is 0 Å². The van der Waals surface area contributed by atoms with Crippen molar-refractivity contribution in [1.82, 2.24) is 10.2 Å².